The molecule has 0 saturated heterocycles. The summed E-state index contributed by atoms with van der Waals surface area (Å²) in [6.45, 7) is 0.784. The average molecular weight is 717 g/mol. The maximum Gasteiger partial charge on any atom is 0.338 e. The fraction of sp³-hybridized carbons (Fsp3) is 0.417. The second-order valence-electron chi connectivity index (χ2n) is 10.8. The predicted octanol–water partition coefficient (Wildman–Crippen LogP) is 5.03. The van der Waals surface area contributed by atoms with Crippen molar-refractivity contribution in [3.8, 4) is 51.7 Å². The van der Waals surface area contributed by atoms with Gasteiger partial charge in [0.1, 0.15) is 19.8 Å². The highest BCUT2D eigenvalue weighted by molar-refractivity contribution is 5.92. The molecule has 0 unspecified atom stereocenters. The lowest BCUT2D eigenvalue weighted by atomic mass is 9.88. The molecule has 0 spiro atoms. The Morgan fingerprint density at radius 2 is 0.627 bits per heavy atom. The van der Waals surface area contributed by atoms with Gasteiger partial charge >= 0.3 is 17.9 Å². The van der Waals surface area contributed by atoms with Gasteiger partial charge < -0.3 is 56.8 Å². The molecular formula is C36H44O15. The highest BCUT2D eigenvalue weighted by atomic mass is 16.6. The van der Waals surface area contributed by atoms with Crippen molar-refractivity contribution >= 4 is 17.9 Å². The molecule has 0 bridgehead atoms. The first-order valence-electron chi connectivity index (χ1n) is 15.4. The van der Waals surface area contributed by atoms with Gasteiger partial charge in [-0.1, -0.05) is 6.92 Å². The number of rotatable bonds is 19. The van der Waals surface area contributed by atoms with Gasteiger partial charge in [-0.2, -0.15) is 0 Å². The molecule has 0 saturated carbocycles. The smallest absolute Gasteiger partial charge is 0.338 e. The highest BCUT2D eigenvalue weighted by Crippen LogP contribution is 2.41. The molecule has 3 aromatic rings. The molecule has 0 aliphatic heterocycles. The van der Waals surface area contributed by atoms with E-state index >= 15 is 0 Å². The van der Waals surface area contributed by atoms with E-state index in [2.05, 4.69) is 0 Å². The van der Waals surface area contributed by atoms with Gasteiger partial charge in [0.2, 0.25) is 17.2 Å². The first-order chi connectivity index (χ1) is 24.5. The van der Waals surface area contributed by atoms with Crippen LogP contribution in [0.4, 0.5) is 0 Å². The lowest BCUT2D eigenvalue weighted by molar-refractivity contribution is -0.0382. The van der Waals surface area contributed by atoms with E-state index in [4.69, 9.17) is 56.8 Å². The maximum atomic E-state index is 13.4. The van der Waals surface area contributed by atoms with Crippen LogP contribution in [-0.2, 0) is 14.2 Å². The van der Waals surface area contributed by atoms with Crippen molar-refractivity contribution in [1.29, 1.82) is 0 Å². The molecule has 0 heterocycles. The summed E-state index contributed by atoms with van der Waals surface area (Å²) in [6, 6.07) is 8.62. The summed E-state index contributed by atoms with van der Waals surface area (Å²) in [4.78, 5) is 40.2. The Morgan fingerprint density at radius 3 is 0.784 bits per heavy atom. The van der Waals surface area contributed by atoms with Gasteiger partial charge in [-0.15, -0.1) is 0 Å². The third kappa shape index (κ3) is 9.09. The van der Waals surface area contributed by atoms with Gasteiger partial charge in [0.25, 0.3) is 0 Å². The maximum absolute atomic E-state index is 13.4. The molecule has 278 valence electrons. The quantitative estimate of drug-likeness (QED) is 0.120. The summed E-state index contributed by atoms with van der Waals surface area (Å²) in [5, 5.41) is 0. The van der Waals surface area contributed by atoms with Crippen LogP contribution in [0.5, 0.6) is 51.7 Å². The van der Waals surface area contributed by atoms with E-state index in [0.29, 0.717) is 0 Å². The van der Waals surface area contributed by atoms with Crippen LogP contribution < -0.4 is 42.6 Å². The fourth-order valence-corrected chi connectivity index (χ4v) is 4.93. The number of hydrogen-bond acceptors (Lipinski definition) is 15. The Kier molecular flexibility index (Phi) is 14.3. The average Bonchev–Trinajstić information content (AvgIpc) is 3.18. The first-order valence-corrected chi connectivity index (χ1v) is 15.4. The molecule has 3 rings (SSSR count). The summed E-state index contributed by atoms with van der Waals surface area (Å²) in [6.07, 6.45) is 0.237. The Labute approximate surface area is 296 Å². The van der Waals surface area contributed by atoms with Crippen molar-refractivity contribution in [2.24, 2.45) is 5.41 Å². The summed E-state index contributed by atoms with van der Waals surface area (Å²) >= 11 is 0. The highest BCUT2D eigenvalue weighted by Gasteiger charge is 2.36. The molecule has 3 aromatic carbocycles. The Morgan fingerprint density at radius 1 is 0.412 bits per heavy atom. The molecule has 0 amide bonds. The Balaban J connectivity index is 1.95. The standard InChI is InChI=1S/C36H44O15/c1-11-36(18-49-33(37)21-12-24(40-2)30(46-8)25(13-21)41-3,19-50-34(38)22-14-26(42-4)31(47-9)27(15-22)43-5)20-51-35(39)23-16-28(44-6)32(48-10)29(17-23)45-7/h12-17H,11,18-20H2,1-10H3. The molecule has 51 heavy (non-hydrogen) atoms. The lowest BCUT2D eigenvalue weighted by Crippen LogP contribution is -2.39. The second kappa shape index (κ2) is 18.3. The molecule has 0 fully saturated rings. The van der Waals surface area contributed by atoms with Crippen LogP contribution in [-0.4, -0.2) is 102 Å². The van der Waals surface area contributed by atoms with Gasteiger partial charge in [-0.3, -0.25) is 0 Å². The summed E-state index contributed by atoms with van der Waals surface area (Å²) in [5.74, 6) is 0.0530. The zero-order valence-electron chi connectivity index (χ0n) is 30.4. The molecule has 15 heteroatoms. The van der Waals surface area contributed by atoms with E-state index in [0.717, 1.165) is 0 Å². The topological polar surface area (TPSA) is 162 Å². The molecule has 0 atom stereocenters. The minimum Gasteiger partial charge on any atom is -0.493 e. The lowest BCUT2D eigenvalue weighted by Gasteiger charge is -2.31. The fourth-order valence-electron chi connectivity index (χ4n) is 4.93. The summed E-state index contributed by atoms with van der Waals surface area (Å²) in [5.41, 5.74) is -0.932. The third-order valence-electron chi connectivity index (χ3n) is 7.98. The van der Waals surface area contributed by atoms with Gasteiger partial charge in [-0.05, 0) is 42.8 Å². The number of ether oxygens (including phenoxy) is 12. The Hall–Kier alpha value is -5.73. The van der Waals surface area contributed by atoms with Crippen molar-refractivity contribution in [3.05, 3.63) is 53.1 Å². The zero-order valence-corrected chi connectivity index (χ0v) is 30.4. The van der Waals surface area contributed by atoms with Crippen molar-refractivity contribution in [2.45, 2.75) is 13.3 Å². The minimum atomic E-state index is -1.22. The number of esters is 3. The summed E-state index contributed by atoms with van der Waals surface area (Å²) in [7, 11) is 12.8. The molecule has 15 nitrogen and oxygen atoms in total. The molecule has 0 N–H and O–H groups in total. The zero-order chi connectivity index (χ0) is 37.7. The van der Waals surface area contributed by atoms with Crippen molar-refractivity contribution in [2.75, 3.05) is 83.8 Å². The van der Waals surface area contributed by atoms with E-state index in [9.17, 15) is 14.4 Å². The molecular weight excluding hydrogens is 672 g/mol. The monoisotopic (exact) mass is 716 g/mol. The van der Waals surface area contributed by atoms with Crippen molar-refractivity contribution < 1.29 is 71.2 Å². The first kappa shape index (κ1) is 39.7. The van der Waals surface area contributed by atoms with Crippen LogP contribution in [0.25, 0.3) is 0 Å². The largest absolute Gasteiger partial charge is 0.493 e. The van der Waals surface area contributed by atoms with Crippen LogP contribution in [0, 0.1) is 5.41 Å². The van der Waals surface area contributed by atoms with Crippen molar-refractivity contribution in [1.82, 2.24) is 0 Å². The van der Waals surface area contributed by atoms with Crippen LogP contribution in [0.2, 0.25) is 0 Å². The van der Waals surface area contributed by atoms with Gasteiger partial charge in [0.15, 0.2) is 34.5 Å². The predicted molar refractivity (Wildman–Crippen MR) is 182 cm³/mol. The molecule has 0 aliphatic carbocycles. The number of carbonyl (C=O) groups is 3. The number of hydrogen-bond donors (Lipinski definition) is 0. The van der Waals surface area contributed by atoms with Crippen LogP contribution in [0.15, 0.2) is 36.4 Å². The molecule has 0 aromatic heterocycles. The van der Waals surface area contributed by atoms with Crippen LogP contribution in [0.1, 0.15) is 44.4 Å². The van der Waals surface area contributed by atoms with E-state index < -0.39 is 23.3 Å². The summed E-state index contributed by atoms with van der Waals surface area (Å²) < 4.78 is 65.5. The van der Waals surface area contributed by atoms with Gasteiger partial charge in [-0.25, -0.2) is 14.4 Å². The molecule has 0 aliphatic rings. The van der Waals surface area contributed by atoms with E-state index in [1.165, 1.54) is 100 Å². The van der Waals surface area contributed by atoms with E-state index in [1.54, 1.807) is 6.92 Å². The number of methoxy groups -OCH3 is 9. The van der Waals surface area contributed by atoms with Crippen molar-refractivity contribution in [3.63, 3.8) is 0 Å². The minimum absolute atomic E-state index is 0.0957. The van der Waals surface area contributed by atoms with E-state index in [1.807, 2.05) is 0 Å². The van der Waals surface area contributed by atoms with Crippen LogP contribution in [0.3, 0.4) is 0 Å². The van der Waals surface area contributed by atoms with Gasteiger partial charge in [0, 0.05) is 0 Å². The number of carbonyl (C=O) groups excluding carboxylic acids is 3. The number of benzene rings is 3. The second-order valence-corrected chi connectivity index (χ2v) is 10.8. The SMILES string of the molecule is CCC(COC(=O)c1cc(OC)c(OC)c(OC)c1)(COC(=O)c1cc(OC)c(OC)c(OC)c1)COC(=O)c1cc(OC)c(OC)c(OC)c1. The molecule has 0 radical (unpaired) electrons. The van der Waals surface area contributed by atoms with E-state index in [-0.39, 0.29) is 94.7 Å². The van der Waals surface area contributed by atoms with Crippen LogP contribution >= 0.6 is 0 Å². The third-order valence-corrected chi connectivity index (χ3v) is 7.98. The Bertz CT molecular complexity index is 1420. The van der Waals surface area contributed by atoms with Gasteiger partial charge in [0.05, 0.1) is 86.1 Å². The normalized spacial score (nSPS) is 10.7.